The molecule has 0 radical (unpaired) electrons. The standard InChI is InChI=1S/C44H58IN7O10/c1-4-8-33(26-45)60-24-23-58-20-19-56-17-18-57-21-22-59-29-38(54)52-15-13-31(14-16-52)40-50-51-41(61-40)35-27-46-43(49-39(35)48-37(28-53)30-9-6-5-7-10-30)47-32-11-12-34-36(25-32)44(2,3)62-42(34)55/h5-7,9-12,25,27,31,33,37,53H,4,8,13-24,26,28-29H2,1-3H3,(H2,46,47,48,49)/t33?,37-/m1/s1. The number of likely N-dealkylation sites (tertiary alicyclic amines) is 1. The molecule has 18 heteroatoms. The molecule has 1 amide bonds. The van der Waals surface area contributed by atoms with Crippen LogP contribution in [-0.2, 0) is 38.8 Å². The normalized spacial score (nSPS) is 15.9. The number of hydrogen-bond acceptors (Lipinski definition) is 16. The number of nitrogens with one attached hydrogen (secondary N) is 2. The smallest absolute Gasteiger partial charge is 0.339 e. The second-order valence-corrected chi connectivity index (χ2v) is 16.3. The van der Waals surface area contributed by atoms with Gasteiger partial charge in [-0.05, 0) is 56.9 Å². The highest BCUT2D eigenvalue weighted by Gasteiger charge is 2.38. The Labute approximate surface area is 376 Å². The van der Waals surface area contributed by atoms with Crippen molar-refractivity contribution in [1.29, 1.82) is 0 Å². The molecule has 336 valence electrons. The van der Waals surface area contributed by atoms with E-state index in [9.17, 15) is 14.7 Å². The number of carbonyl (C=O) groups is 2. The summed E-state index contributed by atoms with van der Waals surface area (Å²) in [6.07, 6.45) is 5.36. The molecule has 0 saturated carbocycles. The zero-order valence-corrected chi connectivity index (χ0v) is 37.8. The number of alkyl halides is 1. The van der Waals surface area contributed by atoms with Crippen LogP contribution < -0.4 is 10.6 Å². The minimum Gasteiger partial charge on any atom is -0.451 e. The summed E-state index contributed by atoms with van der Waals surface area (Å²) < 4.78 is 40.8. The van der Waals surface area contributed by atoms with Gasteiger partial charge in [0.15, 0.2) is 0 Å². The molecule has 4 aromatic rings. The maximum Gasteiger partial charge on any atom is 0.339 e. The van der Waals surface area contributed by atoms with Crippen molar-refractivity contribution in [3.05, 3.63) is 77.3 Å². The number of carbonyl (C=O) groups excluding carboxylic acids is 2. The number of benzene rings is 2. The highest BCUT2D eigenvalue weighted by Crippen LogP contribution is 2.38. The Bertz CT molecular complexity index is 2010. The van der Waals surface area contributed by atoms with Gasteiger partial charge in [-0.3, -0.25) is 4.79 Å². The van der Waals surface area contributed by atoms with E-state index in [0.717, 1.165) is 28.4 Å². The summed E-state index contributed by atoms with van der Waals surface area (Å²) in [6.45, 7) is 10.4. The van der Waals surface area contributed by atoms with Gasteiger partial charge in [0, 0.05) is 40.9 Å². The van der Waals surface area contributed by atoms with Gasteiger partial charge in [0.2, 0.25) is 17.7 Å². The maximum atomic E-state index is 12.9. The van der Waals surface area contributed by atoms with Crippen molar-refractivity contribution >= 4 is 51.9 Å². The predicted octanol–water partition coefficient (Wildman–Crippen LogP) is 6.21. The Kier molecular flexibility index (Phi) is 18.2. The van der Waals surface area contributed by atoms with Gasteiger partial charge >= 0.3 is 5.97 Å². The zero-order valence-electron chi connectivity index (χ0n) is 35.7. The van der Waals surface area contributed by atoms with Crippen LogP contribution in [-0.4, -0.2) is 132 Å². The Morgan fingerprint density at radius 2 is 1.65 bits per heavy atom. The molecule has 4 heterocycles. The molecule has 0 bridgehead atoms. The lowest BCUT2D eigenvalue weighted by atomic mass is 9.95. The van der Waals surface area contributed by atoms with Crippen molar-refractivity contribution in [2.24, 2.45) is 0 Å². The van der Waals surface area contributed by atoms with Crippen molar-refractivity contribution in [2.45, 2.75) is 70.1 Å². The topological polar surface area (TPSA) is 202 Å². The van der Waals surface area contributed by atoms with Gasteiger partial charge in [-0.25, -0.2) is 9.78 Å². The number of cyclic esters (lactones) is 1. The number of rotatable bonds is 26. The third-order valence-electron chi connectivity index (χ3n) is 10.5. The first-order valence-corrected chi connectivity index (χ1v) is 22.8. The van der Waals surface area contributed by atoms with Gasteiger partial charge in [-0.15, -0.1) is 10.2 Å². The summed E-state index contributed by atoms with van der Waals surface area (Å²) in [4.78, 5) is 36.4. The number of aromatic nitrogens is 4. The fourth-order valence-corrected chi connectivity index (χ4v) is 7.85. The van der Waals surface area contributed by atoms with Gasteiger partial charge in [-0.1, -0.05) is 66.3 Å². The number of nitrogens with zero attached hydrogens (tertiary/aromatic N) is 5. The Hall–Kier alpha value is -4.31. The van der Waals surface area contributed by atoms with E-state index in [2.05, 4.69) is 55.3 Å². The van der Waals surface area contributed by atoms with Crippen LogP contribution in [0.5, 0.6) is 0 Å². The largest absolute Gasteiger partial charge is 0.451 e. The van der Waals surface area contributed by atoms with E-state index in [-0.39, 0.29) is 42.8 Å². The van der Waals surface area contributed by atoms with Crippen LogP contribution in [0.2, 0.25) is 0 Å². The highest BCUT2D eigenvalue weighted by molar-refractivity contribution is 14.1. The molecular weight excluding hydrogens is 913 g/mol. The number of ether oxygens (including phenoxy) is 6. The van der Waals surface area contributed by atoms with Gasteiger partial charge in [0.25, 0.3) is 5.89 Å². The van der Waals surface area contributed by atoms with E-state index >= 15 is 0 Å². The average Bonchev–Trinajstić information content (AvgIpc) is 3.86. The Morgan fingerprint density at radius 1 is 0.952 bits per heavy atom. The summed E-state index contributed by atoms with van der Waals surface area (Å²) in [5.41, 5.74) is 2.48. The number of amides is 1. The molecule has 0 aliphatic carbocycles. The van der Waals surface area contributed by atoms with Crippen molar-refractivity contribution in [2.75, 3.05) is 94.2 Å². The van der Waals surface area contributed by atoms with Crippen molar-refractivity contribution < 1.29 is 47.5 Å². The molecule has 2 aromatic heterocycles. The SMILES string of the molecule is CCCC(CI)OCCOCCOCCOCCOCC(=O)N1CCC(c2nnc(-c3cnc(Nc4ccc5c(c4)C(C)(C)OC5=O)nc3N[C@H](CO)c3ccccc3)o2)CC1. The molecule has 1 fully saturated rings. The molecular formula is C44H58IN7O10. The maximum absolute atomic E-state index is 12.9. The molecule has 2 atom stereocenters. The molecule has 2 aliphatic heterocycles. The van der Waals surface area contributed by atoms with Crippen molar-refractivity contribution in [3.8, 4) is 11.5 Å². The van der Waals surface area contributed by atoms with Gasteiger partial charge in [-0.2, -0.15) is 4.98 Å². The summed E-state index contributed by atoms with van der Waals surface area (Å²) in [6, 6.07) is 14.4. The van der Waals surface area contributed by atoms with Crippen LogP contribution >= 0.6 is 22.6 Å². The van der Waals surface area contributed by atoms with Crippen LogP contribution in [0.1, 0.15) is 85.8 Å². The summed E-state index contributed by atoms with van der Waals surface area (Å²) >= 11 is 2.35. The fraction of sp³-hybridized carbons (Fsp3) is 0.545. The van der Waals surface area contributed by atoms with Gasteiger partial charge in [0.05, 0.1) is 82.7 Å². The lowest BCUT2D eigenvalue weighted by Crippen LogP contribution is -2.40. The summed E-state index contributed by atoms with van der Waals surface area (Å²) in [5, 5.41) is 25.7. The monoisotopic (exact) mass is 971 g/mol. The van der Waals surface area contributed by atoms with E-state index in [1.165, 1.54) is 0 Å². The third-order valence-corrected chi connectivity index (χ3v) is 11.5. The number of aliphatic hydroxyl groups excluding tert-OH is 1. The van der Waals surface area contributed by atoms with E-state index < -0.39 is 11.6 Å². The lowest BCUT2D eigenvalue weighted by Gasteiger charge is -2.30. The highest BCUT2D eigenvalue weighted by atomic mass is 127. The molecule has 3 N–H and O–H groups in total. The molecule has 17 nitrogen and oxygen atoms in total. The fourth-order valence-electron chi connectivity index (χ4n) is 7.16. The number of halogens is 1. The Balaban J connectivity index is 0.947. The number of piperidine rings is 1. The Morgan fingerprint density at radius 3 is 2.32 bits per heavy atom. The number of fused-ring (bicyclic) bond motifs is 1. The average molecular weight is 972 g/mol. The molecule has 62 heavy (non-hydrogen) atoms. The van der Waals surface area contributed by atoms with Crippen LogP contribution in [0.25, 0.3) is 11.5 Å². The number of aliphatic hydroxyl groups is 1. The third kappa shape index (κ3) is 13.4. The minimum atomic E-state index is -0.770. The molecule has 1 unspecified atom stereocenters. The molecule has 6 rings (SSSR count). The first kappa shape index (κ1) is 47.2. The molecule has 2 aliphatic rings. The lowest BCUT2D eigenvalue weighted by molar-refractivity contribution is -0.137. The van der Waals surface area contributed by atoms with Crippen molar-refractivity contribution in [1.82, 2.24) is 25.1 Å². The molecule has 1 saturated heterocycles. The first-order valence-electron chi connectivity index (χ1n) is 21.2. The summed E-state index contributed by atoms with van der Waals surface area (Å²) in [5.74, 6) is 0.820. The second kappa shape index (κ2) is 23.9. The molecule has 0 spiro atoms. The summed E-state index contributed by atoms with van der Waals surface area (Å²) in [7, 11) is 0. The number of esters is 1. The van der Waals surface area contributed by atoms with Gasteiger partial charge < -0.3 is 53.5 Å². The number of anilines is 3. The quantitative estimate of drug-likeness (QED) is 0.0277. The van der Waals surface area contributed by atoms with Crippen LogP contribution in [0.15, 0.2) is 59.1 Å². The van der Waals surface area contributed by atoms with E-state index in [1.807, 2.05) is 50.2 Å². The van der Waals surface area contributed by atoms with E-state index in [0.29, 0.717) is 113 Å². The number of hydrogen-bond donors (Lipinski definition) is 3. The zero-order chi connectivity index (χ0) is 43.7. The minimum absolute atomic E-state index is 0.0235. The van der Waals surface area contributed by atoms with E-state index in [4.69, 9.17) is 37.8 Å². The van der Waals surface area contributed by atoms with Gasteiger partial charge in [0.1, 0.15) is 18.0 Å². The van der Waals surface area contributed by atoms with Crippen LogP contribution in [0.3, 0.4) is 0 Å². The van der Waals surface area contributed by atoms with E-state index in [1.54, 1.807) is 23.2 Å². The predicted molar refractivity (Wildman–Crippen MR) is 239 cm³/mol. The second-order valence-electron chi connectivity index (χ2n) is 15.5. The molecule has 2 aromatic carbocycles. The van der Waals surface area contributed by atoms with Crippen LogP contribution in [0, 0.1) is 0 Å². The van der Waals surface area contributed by atoms with Crippen LogP contribution in [0.4, 0.5) is 17.5 Å². The van der Waals surface area contributed by atoms with Crippen molar-refractivity contribution in [3.63, 3.8) is 0 Å². The first-order chi connectivity index (χ1) is 30.2.